The summed E-state index contributed by atoms with van der Waals surface area (Å²) >= 11 is 0. The smallest absolute Gasteiger partial charge is 0.412 e. The summed E-state index contributed by atoms with van der Waals surface area (Å²) < 4.78 is 166. The molecule has 0 atom stereocenters. The summed E-state index contributed by atoms with van der Waals surface area (Å²) in [6.45, 7) is 0. The van der Waals surface area contributed by atoms with Crippen molar-refractivity contribution in [1.29, 1.82) is 0 Å². The predicted molar refractivity (Wildman–Crippen MR) is 70.3 cm³/mol. The number of carbonyl (C=O) groups excluding carboxylic acids is 1. The first-order valence-electron chi connectivity index (χ1n) is 6.92. The molecule has 1 N–H and O–H groups in total. The van der Waals surface area contributed by atoms with E-state index in [1.165, 1.54) is 0 Å². The van der Waals surface area contributed by atoms with Gasteiger partial charge in [0, 0.05) is 0 Å². The van der Waals surface area contributed by atoms with Gasteiger partial charge in [0.2, 0.25) is 6.10 Å². The van der Waals surface area contributed by atoms with Crippen LogP contribution in [0.15, 0.2) is 36.1 Å². The van der Waals surface area contributed by atoms with Crippen LogP contribution in [0.25, 0.3) is 0 Å². The molecule has 178 valence electrons. The summed E-state index contributed by atoms with van der Waals surface area (Å²) in [5.41, 5.74) is -1.91. The van der Waals surface area contributed by atoms with Gasteiger partial charge < -0.3 is 9.84 Å². The third kappa shape index (κ3) is 9.39. The summed E-state index contributed by atoms with van der Waals surface area (Å²) in [7, 11) is 0. The Morgan fingerprint density at radius 3 is 1.39 bits per heavy atom. The molecule has 0 spiro atoms. The minimum absolute atomic E-state index is 0.402. The van der Waals surface area contributed by atoms with Crippen molar-refractivity contribution in [1.82, 2.24) is 0 Å². The largest absolute Gasteiger partial charge is 0.455 e. The molecule has 0 heterocycles. The fourth-order valence-corrected chi connectivity index (χ4v) is 1.34. The van der Waals surface area contributed by atoms with E-state index in [0.717, 1.165) is 0 Å². The highest BCUT2D eigenvalue weighted by Crippen LogP contribution is 2.33. The number of hydrogen-bond acceptors (Lipinski definition) is 3. The topological polar surface area (TPSA) is 46.5 Å². The number of alkyl halides is 12. The fourth-order valence-electron chi connectivity index (χ4n) is 1.34. The molecule has 0 aliphatic rings. The summed E-state index contributed by atoms with van der Waals surface area (Å²) in [5.74, 6) is -4.67. The van der Waals surface area contributed by atoms with Crippen LogP contribution >= 0.6 is 0 Å². The lowest BCUT2D eigenvalue weighted by Crippen LogP contribution is -2.41. The van der Waals surface area contributed by atoms with E-state index in [-0.39, 0.29) is 0 Å². The van der Waals surface area contributed by atoms with E-state index in [0.29, 0.717) is 24.3 Å². The quantitative estimate of drug-likeness (QED) is 0.316. The highest BCUT2D eigenvalue weighted by atomic mass is 19.4. The zero-order chi connectivity index (χ0) is 25.0. The van der Waals surface area contributed by atoms with Gasteiger partial charge in [-0.25, -0.2) is 4.79 Å². The Morgan fingerprint density at radius 1 is 0.774 bits per heavy atom. The SMILES string of the molecule is O=C(OC(=C(F)F)C(F)(F)F)c1ccc(C(F)(F)F)cc1.OC(C(F)(F)F)C(F)(F)F. The standard InChI is InChI=1S/C11H4F8O2.C3H2F6O/c12-8(13)7(11(17,18)19)21-9(20)5-1-3-6(4-2-5)10(14,15)16;4-2(5,6)1(10)3(7,8)9/h1-4H;1,10H. The Bertz CT molecular complexity index is 750. The van der Waals surface area contributed by atoms with Gasteiger partial charge in [-0.05, 0) is 24.3 Å². The molecule has 31 heavy (non-hydrogen) atoms. The lowest BCUT2D eigenvalue weighted by Gasteiger charge is -2.16. The highest BCUT2D eigenvalue weighted by molar-refractivity contribution is 5.90. The van der Waals surface area contributed by atoms with Gasteiger partial charge in [0.25, 0.3) is 5.76 Å². The Morgan fingerprint density at radius 2 is 1.16 bits per heavy atom. The molecule has 0 amide bonds. The number of benzene rings is 1. The van der Waals surface area contributed by atoms with E-state index in [2.05, 4.69) is 4.74 Å². The van der Waals surface area contributed by atoms with E-state index >= 15 is 0 Å². The average molecular weight is 488 g/mol. The molecule has 0 unspecified atom stereocenters. The number of carbonyl (C=O) groups is 1. The second-order valence-electron chi connectivity index (χ2n) is 5.04. The second kappa shape index (κ2) is 9.69. The van der Waals surface area contributed by atoms with Gasteiger partial charge in [-0.3, -0.25) is 0 Å². The van der Waals surface area contributed by atoms with Crippen LogP contribution in [0, 0.1) is 0 Å². The molecule has 17 heteroatoms. The first-order chi connectivity index (χ1) is 13.6. The van der Waals surface area contributed by atoms with Crippen LogP contribution in [-0.4, -0.2) is 35.7 Å². The first-order valence-corrected chi connectivity index (χ1v) is 6.92. The minimum atomic E-state index is -5.63. The van der Waals surface area contributed by atoms with E-state index in [1.54, 1.807) is 0 Å². The zero-order valence-corrected chi connectivity index (χ0v) is 13.9. The molecule has 1 aromatic carbocycles. The van der Waals surface area contributed by atoms with Crippen molar-refractivity contribution in [2.45, 2.75) is 30.8 Å². The third-order valence-electron chi connectivity index (χ3n) is 2.69. The Hall–Kier alpha value is -2.59. The van der Waals surface area contributed by atoms with Gasteiger partial charge in [0.05, 0.1) is 11.1 Å². The van der Waals surface area contributed by atoms with Crippen molar-refractivity contribution in [3.05, 3.63) is 47.2 Å². The molecule has 0 radical (unpaired) electrons. The average Bonchev–Trinajstić information content (AvgIpc) is 2.55. The molecule has 0 fully saturated rings. The summed E-state index contributed by atoms with van der Waals surface area (Å²) in [6.07, 6.45) is -29.1. The number of aliphatic hydroxyl groups excluding tert-OH is 1. The molecule has 0 bridgehead atoms. The minimum Gasteiger partial charge on any atom is -0.412 e. The van der Waals surface area contributed by atoms with Crippen LogP contribution < -0.4 is 0 Å². The van der Waals surface area contributed by atoms with Crippen molar-refractivity contribution in [2.75, 3.05) is 0 Å². The summed E-state index contributed by atoms with van der Waals surface area (Å²) in [4.78, 5) is 11.2. The number of esters is 1. The number of hydrogen-bond donors (Lipinski definition) is 1. The molecule has 1 rings (SSSR count). The summed E-state index contributed by atoms with van der Waals surface area (Å²) in [5, 5.41) is 7.47. The van der Waals surface area contributed by atoms with Gasteiger partial charge >= 0.3 is 36.8 Å². The molecule has 0 aliphatic carbocycles. The lowest BCUT2D eigenvalue weighted by atomic mass is 10.1. The molecule has 0 saturated carbocycles. The summed E-state index contributed by atoms with van der Waals surface area (Å²) in [6, 6.07) is 1.82. The van der Waals surface area contributed by atoms with Crippen LogP contribution in [0.3, 0.4) is 0 Å². The monoisotopic (exact) mass is 488 g/mol. The normalized spacial score (nSPS) is 12.8. The number of aliphatic hydroxyl groups is 1. The van der Waals surface area contributed by atoms with Crippen LogP contribution in [-0.2, 0) is 10.9 Å². The molecule has 3 nitrogen and oxygen atoms in total. The van der Waals surface area contributed by atoms with Gasteiger partial charge in [-0.15, -0.1) is 0 Å². The molecule has 0 aliphatic heterocycles. The van der Waals surface area contributed by atoms with Crippen molar-refractivity contribution in [2.24, 2.45) is 0 Å². The van der Waals surface area contributed by atoms with Crippen LogP contribution in [0.5, 0.6) is 0 Å². The van der Waals surface area contributed by atoms with E-state index in [9.17, 15) is 66.3 Å². The highest BCUT2D eigenvalue weighted by Gasteiger charge is 2.55. The number of rotatable bonds is 2. The maximum Gasteiger partial charge on any atom is 0.455 e. The molecular formula is C14H6F14O3. The predicted octanol–water partition coefficient (Wildman–Crippen LogP) is 6.00. The van der Waals surface area contributed by atoms with Crippen LogP contribution in [0.2, 0.25) is 0 Å². The van der Waals surface area contributed by atoms with Crippen molar-refractivity contribution in [3.8, 4) is 0 Å². The van der Waals surface area contributed by atoms with Gasteiger partial charge in [-0.1, -0.05) is 0 Å². The lowest BCUT2D eigenvalue weighted by molar-refractivity contribution is -0.308. The Balaban J connectivity index is 0.000000759. The maximum atomic E-state index is 12.2. The van der Waals surface area contributed by atoms with Crippen molar-refractivity contribution < 1.29 is 76.1 Å². The third-order valence-corrected chi connectivity index (χ3v) is 2.69. The number of allylic oxidation sites excluding steroid dienone is 1. The molecule has 0 saturated heterocycles. The Labute approximate surface area is 161 Å². The van der Waals surface area contributed by atoms with Crippen LogP contribution in [0.4, 0.5) is 61.5 Å². The second-order valence-corrected chi connectivity index (χ2v) is 5.04. The van der Waals surface area contributed by atoms with Gasteiger partial charge in [-0.2, -0.15) is 61.5 Å². The molecular weight excluding hydrogens is 482 g/mol. The Kier molecular flexibility index (Phi) is 8.88. The van der Waals surface area contributed by atoms with Crippen molar-refractivity contribution in [3.63, 3.8) is 0 Å². The van der Waals surface area contributed by atoms with E-state index in [4.69, 9.17) is 5.11 Å². The van der Waals surface area contributed by atoms with Crippen molar-refractivity contribution >= 4 is 5.97 Å². The number of ether oxygens (including phenoxy) is 1. The van der Waals surface area contributed by atoms with Gasteiger partial charge in [0.1, 0.15) is 0 Å². The van der Waals surface area contributed by atoms with E-state index < -0.39 is 59.7 Å². The number of halogens is 14. The van der Waals surface area contributed by atoms with Crippen LogP contribution in [0.1, 0.15) is 15.9 Å². The van der Waals surface area contributed by atoms with Gasteiger partial charge in [0.15, 0.2) is 0 Å². The zero-order valence-electron chi connectivity index (χ0n) is 13.9. The molecule has 0 aromatic heterocycles. The maximum absolute atomic E-state index is 12.2. The molecule has 1 aromatic rings. The fraction of sp³-hybridized carbons (Fsp3) is 0.357. The first kappa shape index (κ1) is 28.4. The van der Waals surface area contributed by atoms with E-state index in [1.807, 2.05) is 0 Å².